The molecule has 0 spiro atoms. The molecule has 44 heavy (non-hydrogen) atoms. The molecule has 2 aromatic heterocycles. The van der Waals surface area contributed by atoms with E-state index in [1.165, 1.54) is 19.3 Å². The number of hydrogen-bond donors (Lipinski definition) is 3. The largest absolute Gasteiger partial charge is 0.438 e. The van der Waals surface area contributed by atoms with E-state index in [2.05, 4.69) is 29.3 Å². The number of aromatic nitrogens is 3. The first-order chi connectivity index (χ1) is 20.3. The number of carbonyl (C=O) groups excluding carboxylic acids is 1. The van der Waals surface area contributed by atoms with Crippen LogP contribution in [-0.2, 0) is 27.3 Å². The van der Waals surface area contributed by atoms with Crippen molar-refractivity contribution in [3.63, 3.8) is 0 Å². The Morgan fingerprint density at radius 2 is 1.73 bits per heavy atom. The molecule has 1 fully saturated rings. The smallest absolute Gasteiger partial charge is 0.351 e. The lowest BCUT2D eigenvalue weighted by Gasteiger charge is -2.27. The van der Waals surface area contributed by atoms with Crippen LogP contribution in [0.15, 0.2) is 38.6 Å². The van der Waals surface area contributed by atoms with Gasteiger partial charge in [-0.15, -0.1) is 0 Å². The molecule has 3 aromatic rings. The zero-order chi connectivity index (χ0) is 32.7. The van der Waals surface area contributed by atoms with E-state index < -0.39 is 32.1 Å². The predicted octanol–water partition coefficient (Wildman–Crippen LogP) is 5.67. The maximum Gasteiger partial charge on any atom is 0.438 e. The molecule has 0 unspecified atom stereocenters. The molecule has 0 atom stereocenters. The zero-order valence-electron chi connectivity index (χ0n) is 27.7. The van der Waals surface area contributed by atoms with Gasteiger partial charge in [0.05, 0.1) is 10.5 Å². The molecule has 11 heteroatoms. The number of carbonyl (C=O) groups is 1. The lowest BCUT2D eigenvalue weighted by atomic mass is 9.85. The summed E-state index contributed by atoms with van der Waals surface area (Å²) in [5.41, 5.74) is 2.30. The van der Waals surface area contributed by atoms with Crippen molar-refractivity contribution in [3.8, 4) is 5.69 Å². The lowest BCUT2D eigenvalue weighted by Crippen LogP contribution is -2.41. The highest BCUT2D eigenvalue weighted by Crippen LogP contribution is 2.35. The van der Waals surface area contributed by atoms with Crippen LogP contribution in [0.2, 0.25) is 0 Å². The molecule has 1 aliphatic carbocycles. The first kappa shape index (κ1) is 33.7. The molecule has 3 N–H and O–H groups in total. The topological polar surface area (TPSA) is 139 Å². The van der Waals surface area contributed by atoms with Gasteiger partial charge in [-0.25, -0.2) is 17.9 Å². The molecule has 4 rings (SSSR count). The molecule has 0 bridgehead atoms. The second kappa shape index (κ2) is 12.3. The summed E-state index contributed by atoms with van der Waals surface area (Å²) < 4.78 is 36.5. The normalized spacial score (nSPS) is 15.5. The van der Waals surface area contributed by atoms with E-state index in [1.54, 1.807) is 6.07 Å². The molecule has 0 saturated heterocycles. The Morgan fingerprint density at radius 1 is 1.07 bits per heavy atom. The van der Waals surface area contributed by atoms with Gasteiger partial charge in [0.1, 0.15) is 0 Å². The minimum Gasteiger partial charge on any atom is -0.351 e. The Kier molecular flexibility index (Phi) is 9.43. The van der Waals surface area contributed by atoms with Crippen LogP contribution in [-0.4, -0.2) is 41.1 Å². The van der Waals surface area contributed by atoms with Crippen LogP contribution in [0.4, 0.5) is 0 Å². The van der Waals surface area contributed by atoms with Crippen molar-refractivity contribution in [2.75, 3.05) is 6.54 Å². The van der Waals surface area contributed by atoms with Crippen LogP contribution in [0.5, 0.6) is 0 Å². The van der Waals surface area contributed by atoms with Gasteiger partial charge in [0.2, 0.25) is 10.0 Å². The molecule has 1 aromatic carbocycles. The Labute approximate surface area is 261 Å². The van der Waals surface area contributed by atoms with Crippen molar-refractivity contribution < 1.29 is 17.7 Å². The van der Waals surface area contributed by atoms with Gasteiger partial charge in [0.25, 0.3) is 5.91 Å². The maximum atomic E-state index is 13.7. The van der Waals surface area contributed by atoms with Crippen molar-refractivity contribution >= 4 is 15.9 Å². The van der Waals surface area contributed by atoms with Crippen molar-refractivity contribution in [1.82, 2.24) is 24.7 Å². The Bertz CT molecular complexity index is 1660. The number of nitrogens with zero attached hydrogens (tertiary/aromatic N) is 2. The number of nitrogens with one attached hydrogen (secondary N) is 3. The fraction of sp³-hybridized carbons (Fsp3) is 0.606. The quantitative estimate of drug-likeness (QED) is 0.280. The number of rotatable bonds is 9. The standard InChI is InChI=1S/C33H49N5O5S/c1-21-24(28(39)34-20-33(8,9)29-35-30(40)43-36-29)19-38(26(21)17-22-13-11-10-12-14-22)23-15-16-27(25(18-23)31(2,3)4)44(41,42)37-32(5,6)7/h15-16,18-19,22,37H,10-14,17,20H2,1-9H3,(H,34,39)(H,35,36,40). The second-order valence-corrected chi connectivity index (χ2v) is 16.6. The molecule has 1 amide bonds. The second-order valence-electron chi connectivity index (χ2n) is 15.0. The van der Waals surface area contributed by atoms with E-state index in [-0.39, 0.29) is 17.3 Å². The average molecular weight is 628 g/mol. The van der Waals surface area contributed by atoms with Crippen LogP contribution >= 0.6 is 0 Å². The number of sulfonamides is 1. The molecule has 1 aliphatic rings. The first-order valence-electron chi connectivity index (χ1n) is 15.5. The van der Waals surface area contributed by atoms with Gasteiger partial charge < -0.3 is 9.88 Å². The van der Waals surface area contributed by atoms with E-state index in [4.69, 9.17) is 0 Å². The van der Waals surface area contributed by atoms with Crippen LogP contribution in [0, 0.1) is 12.8 Å². The van der Waals surface area contributed by atoms with E-state index in [0.29, 0.717) is 22.9 Å². The SMILES string of the molecule is Cc1c(C(=O)NCC(C)(C)c2noc(=O)[nH]2)cn(-c2ccc(S(=O)(=O)NC(C)(C)C)c(C(C)(C)C)c2)c1CC1CCCCC1. The molecule has 1 saturated carbocycles. The van der Waals surface area contributed by atoms with Crippen LogP contribution < -0.4 is 15.8 Å². The molecule has 242 valence electrons. The molecule has 2 heterocycles. The third-order valence-corrected chi connectivity index (χ3v) is 10.2. The average Bonchev–Trinajstić information content (AvgIpc) is 3.50. The highest BCUT2D eigenvalue weighted by Gasteiger charge is 2.31. The third-order valence-electron chi connectivity index (χ3n) is 8.39. The van der Waals surface area contributed by atoms with Crippen LogP contribution in [0.1, 0.15) is 120 Å². The lowest BCUT2D eigenvalue weighted by molar-refractivity contribution is 0.0944. The van der Waals surface area contributed by atoms with Crippen molar-refractivity contribution in [3.05, 3.63) is 63.2 Å². The summed E-state index contributed by atoms with van der Waals surface area (Å²) >= 11 is 0. The molecule has 10 nitrogen and oxygen atoms in total. The minimum absolute atomic E-state index is 0.227. The highest BCUT2D eigenvalue weighted by atomic mass is 32.2. The van der Waals surface area contributed by atoms with Crippen LogP contribution in [0.25, 0.3) is 5.69 Å². The monoisotopic (exact) mass is 627 g/mol. The fourth-order valence-electron chi connectivity index (χ4n) is 5.96. The summed E-state index contributed by atoms with van der Waals surface area (Å²) in [7, 11) is -3.78. The van der Waals surface area contributed by atoms with Gasteiger partial charge in [-0.05, 0) is 74.8 Å². The van der Waals surface area contributed by atoms with E-state index in [1.807, 2.05) is 80.6 Å². The predicted molar refractivity (Wildman–Crippen MR) is 172 cm³/mol. The Morgan fingerprint density at radius 3 is 2.30 bits per heavy atom. The summed E-state index contributed by atoms with van der Waals surface area (Å²) in [4.78, 5) is 28.0. The number of benzene rings is 1. The summed E-state index contributed by atoms with van der Waals surface area (Å²) in [5, 5.41) is 6.83. The van der Waals surface area contributed by atoms with Gasteiger partial charge in [0.15, 0.2) is 5.82 Å². The van der Waals surface area contributed by atoms with Gasteiger partial charge in [0, 0.05) is 35.1 Å². The van der Waals surface area contributed by atoms with Gasteiger partial charge in [-0.1, -0.05) is 71.9 Å². The number of H-pyrrole nitrogens is 1. The van der Waals surface area contributed by atoms with Gasteiger partial charge in [-0.2, -0.15) is 0 Å². The van der Waals surface area contributed by atoms with E-state index in [0.717, 1.165) is 36.2 Å². The number of aromatic amines is 1. The van der Waals surface area contributed by atoms with Gasteiger partial charge in [-0.3, -0.25) is 14.3 Å². The molecular formula is C33H49N5O5S. The minimum atomic E-state index is -3.78. The summed E-state index contributed by atoms with van der Waals surface area (Å²) in [6.45, 7) is 17.5. The molecular weight excluding hydrogens is 578 g/mol. The molecule has 0 radical (unpaired) electrons. The summed E-state index contributed by atoms with van der Waals surface area (Å²) in [6, 6.07) is 5.47. The van der Waals surface area contributed by atoms with Crippen molar-refractivity contribution in [2.24, 2.45) is 5.92 Å². The van der Waals surface area contributed by atoms with Gasteiger partial charge >= 0.3 is 5.76 Å². The maximum absolute atomic E-state index is 13.7. The third kappa shape index (κ3) is 7.72. The van der Waals surface area contributed by atoms with Crippen LogP contribution in [0.3, 0.4) is 0 Å². The fourth-order valence-corrected chi connectivity index (χ4v) is 7.78. The number of hydrogen-bond acceptors (Lipinski definition) is 6. The highest BCUT2D eigenvalue weighted by molar-refractivity contribution is 7.89. The van der Waals surface area contributed by atoms with E-state index >= 15 is 0 Å². The zero-order valence-corrected chi connectivity index (χ0v) is 28.5. The molecule has 0 aliphatic heterocycles. The number of amides is 1. The Hall–Kier alpha value is -3.18. The van der Waals surface area contributed by atoms with E-state index in [9.17, 15) is 18.0 Å². The summed E-state index contributed by atoms with van der Waals surface area (Å²) in [6.07, 6.45) is 8.68. The Balaban J connectivity index is 1.76. The van der Waals surface area contributed by atoms with Crippen molar-refractivity contribution in [1.29, 1.82) is 0 Å². The summed E-state index contributed by atoms with van der Waals surface area (Å²) in [5.74, 6) is 0.0189. The first-order valence-corrected chi connectivity index (χ1v) is 17.0. The van der Waals surface area contributed by atoms with Crippen molar-refractivity contribution in [2.45, 2.75) is 122 Å².